The number of pyridine rings is 1. The second kappa shape index (κ2) is 2.60. The standard InChI is InChI=1S/C8H4ClNO2/c9-7(11)6-4-12-8-5(6)2-1-3-10-8/h1-4H. The molecule has 0 bridgehead atoms. The molecular formula is C8H4ClNO2. The summed E-state index contributed by atoms with van der Waals surface area (Å²) in [5, 5.41) is 0.124. The Balaban J connectivity index is 2.79. The molecule has 2 rings (SSSR count). The number of hydrogen-bond donors (Lipinski definition) is 0. The summed E-state index contributed by atoms with van der Waals surface area (Å²) in [4.78, 5) is 14.7. The van der Waals surface area contributed by atoms with Gasteiger partial charge in [0.1, 0.15) is 6.26 Å². The van der Waals surface area contributed by atoms with Crippen LogP contribution in [0.3, 0.4) is 0 Å². The summed E-state index contributed by atoms with van der Waals surface area (Å²) in [5.41, 5.74) is 0.793. The van der Waals surface area contributed by atoms with Crippen LogP contribution in [0.2, 0.25) is 0 Å². The van der Waals surface area contributed by atoms with Crippen molar-refractivity contribution in [1.29, 1.82) is 0 Å². The summed E-state index contributed by atoms with van der Waals surface area (Å²) in [7, 11) is 0. The fourth-order valence-electron chi connectivity index (χ4n) is 1.02. The lowest BCUT2D eigenvalue weighted by molar-refractivity contribution is 0.108. The average Bonchev–Trinajstić information content (AvgIpc) is 2.47. The van der Waals surface area contributed by atoms with Crippen molar-refractivity contribution < 1.29 is 9.21 Å². The Bertz CT molecular complexity index is 435. The van der Waals surface area contributed by atoms with Crippen molar-refractivity contribution in [2.75, 3.05) is 0 Å². The van der Waals surface area contributed by atoms with E-state index in [1.807, 2.05) is 0 Å². The molecule has 0 saturated carbocycles. The van der Waals surface area contributed by atoms with Crippen LogP contribution in [0.15, 0.2) is 29.0 Å². The number of furan rings is 1. The van der Waals surface area contributed by atoms with Crippen LogP contribution in [-0.4, -0.2) is 10.2 Å². The molecule has 0 aliphatic carbocycles. The molecular weight excluding hydrogens is 178 g/mol. The highest BCUT2D eigenvalue weighted by Gasteiger charge is 2.10. The zero-order valence-electron chi connectivity index (χ0n) is 5.95. The Morgan fingerprint density at radius 1 is 1.58 bits per heavy atom. The van der Waals surface area contributed by atoms with E-state index in [1.54, 1.807) is 18.3 Å². The molecule has 60 valence electrons. The first-order valence-corrected chi connectivity index (χ1v) is 3.69. The quantitative estimate of drug-likeness (QED) is 0.634. The number of carbonyl (C=O) groups excluding carboxylic acids is 1. The van der Waals surface area contributed by atoms with Gasteiger partial charge in [0.2, 0.25) is 5.71 Å². The van der Waals surface area contributed by atoms with Gasteiger partial charge < -0.3 is 4.42 Å². The minimum absolute atomic E-state index is 0.361. The highest BCUT2D eigenvalue weighted by atomic mass is 35.5. The van der Waals surface area contributed by atoms with Crippen LogP contribution in [0, 0.1) is 0 Å². The van der Waals surface area contributed by atoms with Gasteiger partial charge in [0, 0.05) is 6.20 Å². The first kappa shape index (κ1) is 7.31. The molecule has 0 radical (unpaired) electrons. The summed E-state index contributed by atoms with van der Waals surface area (Å²) >= 11 is 5.30. The maximum absolute atomic E-state index is 10.8. The molecule has 4 heteroatoms. The van der Waals surface area contributed by atoms with Gasteiger partial charge >= 0.3 is 0 Å². The SMILES string of the molecule is O=C(Cl)c1coc2ncccc12. The Hall–Kier alpha value is -1.35. The van der Waals surface area contributed by atoms with Crippen molar-refractivity contribution in [2.45, 2.75) is 0 Å². The fraction of sp³-hybridized carbons (Fsp3) is 0. The summed E-state index contributed by atoms with van der Waals surface area (Å²) in [5.74, 6) is 0. The van der Waals surface area contributed by atoms with Crippen molar-refractivity contribution in [3.63, 3.8) is 0 Å². The fourth-order valence-corrected chi connectivity index (χ4v) is 1.17. The van der Waals surface area contributed by atoms with E-state index in [4.69, 9.17) is 16.0 Å². The first-order valence-electron chi connectivity index (χ1n) is 3.31. The van der Waals surface area contributed by atoms with Gasteiger partial charge in [-0.25, -0.2) is 4.98 Å². The lowest BCUT2D eigenvalue weighted by atomic mass is 10.2. The van der Waals surface area contributed by atoms with Crippen molar-refractivity contribution in [3.05, 3.63) is 30.2 Å². The molecule has 0 atom stereocenters. The van der Waals surface area contributed by atoms with E-state index in [9.17, 15) is 4.79 Å². The molecule has 0 aliphatic rings. The van der Waals surface area contributed by atoms with E-state index in [1.165, 1.54) is 6.26 Å². The molecule has 0 saturated heterocycles. The van der Waals surface area contributed by atoms with Crippen molar-refractivity contribution in [3.8, 4) is 0 Å². The van der Waals surface area contributed by atoms with Gasteiger partial charge in [-0.3, -0.25) is 4.79 Å². The molecule has 3 nitrogen and oxygen atoms in total. The molecule has 2 aromatic heterocycles. The maximum atomic E-state index is 10.8. The van der Waals surface area contributed by atoms with E-state index in [-0.39, 0.29) is 0 Å². The van der Waals surface area contributed by atoms with Crippen LogP contribution >= 0.6 is 11.6 Å². The van der Waals surface area contributed by atoms with Crippen LogP contribution in [0.5, 0.6) is 0 Å². The summed E-state index contributed by atoms with van der Waals surface area (Å²) in [6, 6.07) is 3.46. The van der Waals surface area contributed by atoms with Crippen LogP contribution < -0.4 is 0 Å². The number of halogens is 1. The molecule has 0 unspecified atom stereocenters. The molecule has 0 aliphatic heterocycles. The zero-order valence-corrected chi connectivity index (χ0v) is 6.71. The average molecular weight is 182 g/mol. The third-order valence-electron chi connectivity index (χ3n) is 1.56. The van der Waals surface area contributed by atoms with Crippen molar-refractivity contribution in [2.24, 2.45) is 0 Å². The topological polar surface area (TPSA) is 43.1 Å². The van der Waals surface area contributed by atoms with Crippen molar-refractivity contribution in [1.82, 2.24) is 4.98 Å². The van der Waals surface area contributed by atoms with E-state index in [0.29, 0.717) is 16.7 Å². The van der Waals surface area contributed by atoms with Crippen LogP contribution in [0.4, 0.5) is 0 Å². The second-order valence-electron chi connectivity index (χ2n) is 2.28. The number of carbonyl (C=O) groups is 1. The molecule has 0 fully saturated rings. The number of hydrogen-bond acceptors (Lipinski definition) is 3. The Labute approximate surface area is 73.0 Å². The second-order valence-corrected chi connectivity index (χ2v) is 2.62. The third kappa shape index (κ3) is 0.987. The Morgan fingerprint density at radius 3 is 3.17 bits per heavy atom. The van der Waals surface area contributed by atoms with E-state index < -0.39 is 5.24 Å². The largest absolute Gasteiger partial charge is 0.445 e. The molecule has 0 spiro atoms. The minimum Gasteiger partial charge on any atom is -0.445 e. The monoisotopic (exact) mass is 181 g/mol. The number of rotatable bonds is 1. The lowest BCUT2D eigenvalue weighted by Gasteiger charge is -1.86. The van der Waals surface area contributed by atoms with Gasteiger partial charge in [0.15, 0.2) is 0 Å². The predicted molar refractivity (Wildman–Crippen MR) is 44.2 cm³/mol. The third-order valence-corrected chi connectivity index (χ3v) is 1.77. The lowest BCUT2D eigenvalue weighted by Crippen LogP contribution is -1.84. The molecule has 0 aromatic carbocycles. The molecule has 2 heterocycles. The normalized spacial score (nSPS) is 10.4. The van der Waals surface area contributed by atoms with Gasteiger partial charge in [-0.1, -0.05) is 0 Å². The highest BCUT2D eigenvalue weighted by Crippen LogP contribution is 2.19. The van der Waals surface area contributed by atoms with Gasteiger partial charge in [-0.15, -0.1) is 0 Å². The zero-order chi connectivity index (χ0) is 8.55. The summed E-state index contributed by atoms with van der Waals surface area (Å²) < 4.78 is 4.99. The first-order chi connectivity index (χ1) is 5.79. The van der Waals surface area contributed by atoms with Crippen molar-refractivity contribution >= 4 is 27.9 Å². The molecule has 0 amide bonds. The van der Waals surface area contributed by atoms with E-state index >= 15 is 0 Å². The maximum Gasteiger partial charge on any atom is 0.256 e. The van der Waals surface area contributed by atoms with E-state index in [2.05, 4.69) is 4.98 Å². The van der Waals surface area contributed by atoms with Gasteiger partial charge in [0.05, 0.1) is 10.9 Å². The summed E-state index contributed by atoms with van der Waals surface area (Å²) in [6.45, 7) is 0. The smallest absolute Gasteiger partial charge is 0.256 e. The summed E-state index contributed by atoms with van der Waals surface area (Å²) in [6.07, 6.45) is 2.90. The van der Waals surface area contributed by atoms with Gasteiger partial charge in [0.25, 0.3) is 5.24 Å². The van der Waals surface area contributed by atoms with Crippen LogP contribution in [0.25, 0.3) is 11.1 Å². The minimum atomic E-state index is -0.526. The van der Waals surface area contributed by atoms with Crippen LogP contribution in [-0.2, 0) is 0 Å². The predicted octanol–water partition coefficient (Wildman–Crippen LogP) is 2.21. The van der Waals surface area contributed by atoms with E-state index in [0.717, 1.165) is 0 Å². The highest BCUT2D eigenvalue weighted by molar-refractivity contribution is 6.68. The van der Waals surface area contributed by atoms with Gasteiger partial charge in [-0.05, 0) is 23.7 Å². The number of aromatic nitrogens is 1. The van der Waals surface area contributed by atoms with Gasteiger partial charge in [-0.2, -0.15) is 0 Å². The molecule has 12 heavy (non-hydrogen) atoms. The molecule has 2 aromatic rings. The van der Waals surface area contributed by atoms with Crippen LogP contribution in [0.1, 0.15) is 10.4 Å². The Kier molecular flexibility index (Phi) is 1.59. The Morgan fingerprint density at radius 2 is 2.42 bits per heavy atom. The number of nitrogens with zero attached hydrogens (tertiary/aromatic N) is 1. The molecule has 0 N–H and O–H groups in total. The number of fused-ring (bicyclic) bond motifs is 1.